The number of nitrogens with one attached hydrogen (secondary N) is 1. The van der Waals surface area contributed by atoms with E-state index in [4.69, 9.17) is 16.7 Å². The molecule has 1 aromatic carbocycles. The molecule has 0 aromatic heterocycles. The van der Waals surface area contributed by atoms with Crippen LogP contribution >= 0.6 is 11.6 Å². The zero-order chi connectivity index (χ0) is 13.0. The zero-order valence-electron chi connectivity index (χ0n) is 9.71. The van der Waals surface area contributed by atoms with Gasteiger partial charge in [0.1, 0.15) is 11.9 Å². The summed E-state index contributed by atoms with van der Waals surface area (Å²) in [4.78, 5) is 11.1. The molecule has 94 valence electrons. The third-order valence-electron chi connectivity index (χ3n) is 2.20. The molecule has 0 aliphatic rings. The number of rotatable bonds is 5. The summed E-state index contributed by atoms with van der Waals surface area (Å²) in [5.41, 5.74) is 0.322. The Bertz CT molecular complexity index is 389. The Morgan fingerprint density at radius 3 is 2.59 bits per heavy atom. The lowest BCUT2D eigenvalue weighted by Gasteiger charge is -2.16. The van der Waals surface area contributed by atoms with E-state index in [1.807, 2.05) is 13.8 Å². The van der Waals surface area contributed by atoms with Gasteiger partial charge in [-0.3, -0.25) is 4.79 Å². The summed E-state index contributed by atoms with van der Waals surface area (Å²) in [6, 6.07) is 2.84. The molecule has 2 N–H and O–H groups in total. The van der Waals surface area contributed by atoms with Gasteiger partial charge >= 0.3 is 5.97 Å². The van der Waals surface area contributed by atoms with Gasteiger partial charge in [-0.05, 0) is 36.2 Å². The van der Waals surface area contributed by atoms with E-state index in [0.717, 1.165) is 6.07 Å². The molecule has 0 fully saturated rings. The van der Waals surface area contributed by atoms with Crippen molar-refractivity contribution >= 4 is 17.6 Å². The van der Waals surface area contributed by atoms with Crippen LogP contribution < -0.4 is 5.32 Å². The minimum Gasteiger partial charge on any atom is -0.480 e. The van der Waals surface area contributed by atoms with Gasteiger partial charge in [0.05, 0.1) is 0 Å². The standard InChI is InChI=1S/C12H15ClFNO2/c1-7(2)6-15-11(12(16)17)8-3-9(13)5-10(14)4-8/h3-5,7,11,15H,6H2,1-2H3,(H,16,17). The molecule has 1 atom stereocenters. The second-order valence-electron chi connectivity index (χ2n) is 4.28. The van der Waals surface area contributed by atoms with Crippen molar-refractivity contribution in [2.24, 2.45) is 5.92 Å². The van der Waals surface area contributed by atoms with Crippen LogP contribution in [0.2, 0.25) is 5.02 Å². The molecule has 0 saturated heterocycles. The van der Waals surface area contributed by atoms with E-state index in [1.54, 1.807) is 0 Å². The van der Waals surface area contributed by atoms with Crippen LogP contribution in [0.15, 0.2) is 18.2 Å². The Kier molecular flexibility index (Phi) is 4.90. The van der Waals surface area contributed by atoms with E-state index < -0.39 is 17.8 Å². The van der Waals surface area contributed by atoms with E-state index >= 15 is 0 Å². The first-order valence-corrected chi connectivity index (χ1v) is 5.70. The monoisotopic (exact) mass is 259 g/mol. The minimum absolute atomic E-state index is 0.192. The Labute approximate surface area is 105 Å². The molecule has 0 bridgehead atoms. The average Bonchev–Trinajstić information content (AvgIpc) is 2.14. The molecule has 5 heteroatoms. The van der Waals surface area contributed by atoms with Gasteiger partial charge in [0, 0.05) is 5.02 Å². The Morgan fingerprint density at radius 2 is 2.12 bits per heavy atom. The second-order valence-corrected chi connectivity index (χ2v) is 4.71. The van der Waals surface area contributed by atoms with Crippen LogP contribution in [0, 0.1) is 11.7 Å². The molecule has 3 nitrogen and oxygen atoms in total. The largest absolute Gasteiger partial charge is 0.480 e. The minimum atomic E-state index is -1.05. The maximum absolute atomic E-state index is 13.1. The van der Waals surface area contributed by atoms with Crippen molar-refractivity contribution in [2.45, 2.75) is 19.9 Å². The van der Waals surface area contributed by atoms with Crippen LogP contribution in [0.25, 0.3) is 0 Å². The number of hydrogen-bond acceptors (Lipinski definition) is 2. The molecule has 1 aromatic rings. The van der Waals surface area contributed by atoms with Gasteiger partial charge in [-0.1, -0.05) is 25.4 Å². The highest BCUT2D eigenvalue weighted by Crippen LogP contribution is 2.20. The van der Waals surface area contributed by atoms with Gasteiger partial charge in [-0.15, -0.1) is 0 Å². The highest BCUT2D eigenvalue weighted by atomic mass is 35.5. The van der Waals surface area contributed by atoms with Crippen molar-refractivity contribution in [1.29, 1.82) is 0 Å². The molecule has 0 aliphatic heterocycles. The maximum Gasteiger partial charge on any atom is 0.325 e. The normalized spacial score (nSPS) is 12.8. The number of carboxylic acid groups (broad SMARTS) is 1. The molecule has 0 spiro atoms. The van der Waals surface area contributed by atoms with Crippen molar-refractivity contribution in [3.05, 3.63) is 34.6 Å². The third kappa shape index (κ3) is 4.32. The number of benzene rings is 1. The molecule has 1 rings (SSSR count). The van der Waals surface area contributed by atoms with Gasteiger partial charge in [0.2, 0.25) is 0 Å². The summed E-state index contributed by atoms with van der Waals surface area (Å²) in [6.45, 7) is 4.46. The molecule has 17 heavy (non-hydrogen) atoms. The van der Waals surface area contributed by atoms with Gasteiger partial charge in [0.25, 0.3) is 0 Å². The maximum atomic E-state index is 13.1. The number of carbonyl (C=O) groups is 1. The third-order valence-corrected chi connectivity index (χ3v) is 2.41. The lowest BCUT2D eigenvalue weighted by molar-refractivity contribution is -0.139. The fourth-order valence-electron chi connectivity index (χ4n) is 1.44. The first-order valence-electron chi connectivity index (χ1n) is 5.32. The van der Waals surface area contributed by atoms with E-state index in [0.29, 0.717) is 18.0 Å². The van der Waals surface area contributed by atoms with Gasteiger partial charge in [-0.2, -0.15) is 0 Å². The molecule has 1 unspecified atom stereocenters. The Hall–Kier alpha value is -1.13. The highest BCUT2D eigenvalue weighted by Gasteiger charge is 2.20. The molecule has 0 amide bonds. The van der Waals surface area contributed by atoms with Gasteiger partial charge in [-0.25, -0.2) is 4.39 Å². The molecular weight excluding hydrogens is 245 g/mol. The van der Waals surface area contributed by atoms with Crippen LogP contribution in [0.5, 0.6) is 0 Å². The Morgan fingerprint density at radius 1 is 1.47 bits per heavy atom. The highest BCUT2D eigenvalue weighted by molar-refractivity contribution is 6.30. The molecule has 0 saturated carbocycles. The van der Waals surface area contributed by atoms with Crippen molar-refractivity contribution in [3.8, 4) is 0 Å². The quantitative estimate of drug-likeness (QED) is 0.855. The lowest BCUT2D eigenvalue weighted by atomic mass is 10.1. The lowest BCUT2D eigenvalue weighted by Crippen LogP contribution is -2.31. The Balaban J connectivity index is 2.93. The molecular formula is C12H15ClFNO2. The number of halogens is 2. The summed E-state index contributed by atoms with van der Waals surface area (Å²) in [5.74, 6) is -1.28. The van der Waals surface area contributed by atoms with Crippen LogP contribution in [-0.2, 0) is 4.79 Å². The predicted molar refractivity (Wildman–Crippen MR) is 64.6 cm³/mol. The van der Waals surface area contributed by atoms with Gasteiger partial charge in [0.15, 0.2) is 0 Å². The van der Waals surface area contributed by atoms with Crippen molar-refractivity contribution in [1.82, 2.24) is 5.32 Å². The molecule has 0 aliphatic carbocycles. The van der Waals surface area contributed by atoms with E-state index in [2.05, 4.69) is 5.32 Å². The smallest absolute Gasteiger partial charge is 0.325 e. The number of aliphatic carboxylic acids is 1. The van der Waals surface area contributed by atoms with E-state index in [1.165, 1.54) is 12.1 Å². The van der Waals surface area contributed by atoms with Crippen LogP contribution in [0.4, 0.5) is 4.39 Å². The summed E-state index contributed by atoms with van der Waals surface area (Å²) in [6.07, 6.45) is 0. The van der Waals surface area contributed by atoms with Crippen molar-refractivity contribution in [2.75, 3.05) is 6.54 Å². The van der Waals surface area contributed by atoms with Gasteiger partial charge < -0.3 is 10.4 Å². The summed E-state index contributed by atoms with van der Waals surface area (Å²) in [7, 11) is 0. The first kappa shape index (κ1) is 13.9. The van der Waals surface area contributed by atoms with E-state index in [-0.39, 0.29) is 5.02 Å². The number of hydrogen-bond donors (Lipinski definition) is 2. The topological polar surface area (TPSA) is 49.3 Å². The molecule has 0 heterocycles. The second kappa shape index (κ2) is 5.98. The van der Waals surface area contributed by atoms with Crippen LogP contribution in [0.3, 0.4) is 0 Å². The first-order chi connectivity index (χ1) is 7.90. The van der Waals surface area contributed by atoms with E-state index in [9.17, 15) is 9.18 Å². The summed E-state index contributed by atoms with van der Waals surface area (Å²) in [5, 5.41) is 12.2. The van der Waals surface area contributed by atoms with Crippen molar-refractivity contribution in [3.63, 3.8) is 0 Å². The average molecular weight is 260 g/mol. The zero-order valence-corrected chi connectivity index (χ0v) is 10.5. The fourth-order valence-corrected chi connectivity index (χ4v) is 1.67. The van der Waals surface area contributed by atoms with Crippen LogP contribution in [-0.4, -0.2) is 17.6 Å². The predicted octanol–water partition coefficient (Wildman–Crippen LogP) is 2.85. The fraction of sp³-hybridized carbons (Fsp3) is 0.417. The molecule has 0 radical (unpaired) electrons. The summed E-state index contributed by atoms with van der Waals surface area (Å²) < 4.78 is 13.1. The van der Waals surface area contributed by atoms with Crippen LogP contribution in [0.1, 0.15) is 25.5 Å². The van der Waals surface area contributed by atoms with Crippen molar-refractivity contribution < 1.29 is 14.3 Å². The SMILES string of the molecule is CC(C)CNC(C(=O)O)c1cc(F)cc(Cl)c1. The summed E-state index contributed by atoms with van der Waals surface area (Å²) >= 11 is 5.70. The number of carboxylic acids is 1.